The summed E-state index contributed by atoms with van der Waals surface area (Å²) in [6, 6.07) is 4.35. The fourth-order valence-electron chi connectivity index (χ4n) is 2.40. The number of rotatable bonds is 6. The van der Waals surface area contributed by atoms with Crippen molar-refractivity contribution in [2.45, 2.75) is 12.5 Å². The molecule has 2 rings (SSSR count). The molecular formula is C15H23BrN2O2S. The molecule has 1 heterocycles. The molecule has 0 fully saturated rings. The lowest BCUT2D eigenvalue weighted by Crippen LogP contribution is -2.32. The summed E-state index contributed by atoms with van der Waals surface area (Å²) in [5.74, 6) is 2.71. The van der Waals surface area contributed by atoms with Crippen molar-refractivity contribution < 1.29 is 9.47 Å². The Bertz CT molecular complexity index is 473. The van der Waals surface area contributed by atoms with Crippen LogP contribution in [0.4, 0.5) is 0 Å². The lowest BCUT2D eigenvalue weighted by molar-refractivity contribution is 0.264. The Morgan fingerprint density at radius 2 is 2.14 bits per heavy atom. The molecule has 0 saturated heterocycles. The highest BCUT2D eigenvalue weighted by Gasteiger charge is 2.21. The van der Waals surface area contributed by atoms with Crippen molar-refractivity contribution in [3.8, 4) is 11.5 Å². The number of ether oxygens (including phenoxy) is 2. The van der Waals surface area contributed by atoms with E-state index >= 15 is 0 Å². The molecule has 118 valence electrons. The van der Waals surface area contributed by atoms with Crippen molar-refractivity contribution in [3.63, 3.8) is 0 Å². The maximum Gasteiger partial charge on any atom is 0.175 e. The van der Waals surface area contributed by atoms with E-state index in [9.17, 15) is 0 Å². The van der Waals surface area contributed by atoms with Crippen molar-refractivity contribution in [1.82, 2.24) is 4.90 Å². The first-order valence-electron chi connectivity index (χ1n) is 7.15. The minimum atomic E-state index is 0.186. The highest BCUT2D eigenvalue weighted by atomic mass is 79.9. The van der Waals surface area contributed by atoms with Crippen molar-refractivity contribution in [3.05, 3.63) is 22.2 Å². The van der Waals surface area contributed by atoms with Gasteiger partial charge in [0.1, 0.15) is 0 Å². The first-order chi connectivity index (χ1) is 10.2. The van der Waals surface area contributed by atoms with Crippen LogP contribution in [0.2, 0.25) is 0 Å². The summed E-state index contributed by atoms with van der Waals surface area (Å²) in [6.07, 6.45) is 3.03. The molecule has 6 heteroatoms. The largest absolute Gasteiger partial charge is 0.490 e. The molecule has 0 bridgehead atoms. The minimum absolute atomic E-state index is 0.186. The zero-order chi connectivity index (χ0) is 15.2. The molecule has 1 aliphatic rings. The van der Waals surface area contributed by atoms with E-state index in [1.54, 1.807) is 0 Å². The van der Waals surface area contributed by atoms with Crippen LogP contribution in [-0.4, -0.2) is 50.3 Å². The first kappa shape index (κ1) is 16.9. The van der Waals surface area contributed by atoms with Gasteiger partial charge in [0.25, 0.3) is 0 Å². The van der Waals surface area contributed by atoms with Gasteiger partial charge < -0.3 is 15.2 Å². The van der Waals surface area contributed by atoms with Crippen molar-refractivity contribution in [2.24, 2.45) is 5.73 Å². The molecule has 0 saturated carbocycles. The van der Waals surface area contributed by atoms with E-state index in [1.807, 2.05) is 11.8 Å². The average Bonchev–Trinajstić information content (AvgIpc) is 2.71. The summed E-state index contributed by atoms with van der Waals surface area (Å²) in [4.78, 5) is 2.29. The number of hydrogen-bond acceptors (Lipinski definition) is 5. The zero-order valence-electron chi connectivity index (χ0n) is 12.6. The quantitative estimate of drug-likeness (QED) is 0.829. The van der Waals surface area contributed by atoms with Gasteiger partial charge in [0.05, 0.1) is 17.7 Å². The second kappa shape index (κ2) is 8.27. The van der Waals surface area contributed by atoms with Gasteiger partial charge in [-0.05, 0) is 46.9 Å². The van der Waals surface area contributed by atoms with Crippen LogP contribution in [-0.2, 0) is 0 Å². The van der Waals surface area contributed by atoms with Gasteiger partial charge in [-0.3, -0.25) is 4.90 Å². The molecule has 1 aromatic rings. The molecule has 0 amide bonds. The van der Waals surface area contributed by atoms with Crippen LogP contribution in [0.15, 0.2) is 16.6 Å². The van der Waals surface area contributed by atoms with Crippen LogP contribution in [0.5, 0.6) is 11.5 Å². The average molecular weight is 375 g/mol. The van der Waals surface area contributed by atoms with Crippen LogP contribution in [0.3, 0.4) is 0 Å². The monoisotopic (exact) mass is 374 g/mol. The third-order valence-corrected chi connectivity index (χ3v) is 4.79. The molecular weight excluding hydrogens is 352 g/mol. The second-order valence-electron chi connectivity index (χ2n) is 5.11. The highest BCUT2D eigenvalue weighted by molar-refractivity contribution is 9.10. The third-order valence-electron chi connectivity index (χ3n) is 3.61. The number of nitrogens with two attached hydrogens (primary N) is 1. The maximum atomic E-state index is 6.00. The summed E-state index contributed by atoms with van der Waals surface area (Å²) in [5, 5.41) is 0. The Morgan fingerprint density at radius 1 is 1.38 bits per heavy atom. The number of halogens is 1. The molecule has 2 N–H and O–H groups in total. The number of hydrogen-bond donors (Lipinski definition) is 1. The van der Waals surface area contributed by atoms with Crippen LogP contribution < -0.4 is 15.2 Å². The van der Waals surface area contributed by atoms with Gasteiger partial charge in [-0.2, -0.15) is 11.8 Å². The van der Waals surface area contributed by atoms with Crippen LogP contribution in [0, 0.1) is 0 Å². The van der Waals surface area contributed by atoms with Crippen LogP contribution in [0.25, 0.3) is 0 Å². The highest BCUT2D eigenvalue weighted by Crippen LogP contribution is 2.40. The molecule has 1 aliphatic heterocycles. The minimum Gasteiger partial charge on any atom is -0.490 e. The van der Waals surface area contributed by atoms with Gasteiger partial charge in [0, 0.05) is 31.3 Å². The van der Waals surface area contributed by atoms with Gasteiger partial charge in [0.2, 0.25) is 0 Å². The van der Waals surface area contributed by atoms with E-state index in [4.69, 9.17) is 15.2 Å². The number of likely N-dealkylation sites (N-methyl/N-ethyl adjacent to an activating group) is 1. The molecule has 1 atom stereocenters. The van der Waals surface area contributed by atoms with E-state index in [1.165, 1.54) is 0 Å². The van der Waals surface area contributed by atoms with Crippen LogP contribution >= 0.6 is 27.7 Å². The van der Waals surface area contributed by atoms with E-state index < -0.39 is 0 Å². The van der Waals surface area contributed by atoms with Gasteiger partial charge in [-0.15, -0.1) is 0 Å². The van der Waals surface area contributed by atoms with Gasteiger partial charge in [-0.1, -0.05) is 0 Å². The summed E-state index contributed by atoms with van der Waals surface area (Å²) in [6.45, 7) is 2.98. The van der Waals surface area contributed by atoms with E-state index in [0.29, 0.717) is 19.8 Å². The summed E-state index contributed by atoms with van der Waals surface area (Å²) >= 11 is 5.44. The number of fused-ring (bicyclic) bond motifs is 1. The molecule has 0 spiro atoms. The lowest BCUT2D eigenvalue weighted by atomic mass is 10.0. The molecule has 0 aromatic heterocycles. The predicted octanol–water partition coefficient (Wildman–Crippen LogP) is 2.91. The Balaban J connectivity index is 2.25. The van der Waals surface area contributed by atoms with Crippen molar-refractivity contribution >= 4 is 27.7 Å². The zero-order valence-corrected chi connectivity index (χ0v) is 15.0. The number of nitrogens with zero attached hydrogens (tertiary/aromatic N) is 1. The molecule has 0 aliphatic carbocycles. The van der Waals surface area contributed by atoms with E-state index in [0.717, 1.165) is 40.3 Å². The first-order valence-corrected chi connectivity index (χ1v) is 9.34. The fourth-order valence-corrected chi connectivity index (χ4v) is 3.45. The molecule has 4 nitrogen and oxygen atoms in total. The van der Waals surface area contributed by atoms with Crippen LogP contribution in [0.1, 0.15) is 18.0 Å². The molecule has 1 unspecified atom stereocenters. The second-order valence-corrected chi connectivity index (χ2v) is 6.95. The van der Waals surface area contributed by atoms with Gasteiger partial charge in [0.15, 0.2) is 11.5 Å². The standard InChI is InChI=1S/C15H23BrN2O2S/c1-18(4-7-21-2)13(10-17)11-8-12(16)15-14(9-11)19-5-3-6-20-15/h8-9,13H,3-7,10,17H2,1-2H3. The third kappa shape index (κ3) is 4.28. The molecule has 21 heavy (non-hydrogen) atoms. The van der Waals surface area contributed by atoms with E-state index in [-0.39, 0.29) is 6.04 Å². The smallest absolute Gasteiger partial charge is 0.175 e. The molecule has 1 aromatic carbocycles. The topological polar surface area (TPSA) is 47.7 Å². The van der Waals surface area contributed by atoms with Crippen molar-refractivity contribution in [2.75, 3.05) is 45.4 Å². The predicted molar refractivity (Wildman–Crippen MR) is 92.6 cm³/mol. The SMILES string of the molecule is CSCCN(C)C(CN)c1cc(Br)c2c(c1)OCCCO2. The lowest BCUT2D eigenvalue weighted by Gasteiger charge is -2.28. The maximum absolute atomic E-state index is 6.00. The number of thioether (sulfide) groups is 1. The summed E-state index contributed by atoms with van der Waals surface area (Å²) < 4.78 is 12.5. The Morgan fingerprint density at radius 3 is 2.86 bits per heavy atom. The van der Waals surface area contributed by atoms with Gasteiger partial charge in [-0.25, -0.2) is 0 Å². The molecule has 0 radical (unpaired) electrons. The Kier molecular flexibility index (Phi) is 6.67. The summed E-state index contributed by atoms with van der Waals surface area (Å²) in [7, 11) is 2.12. The van der Waals surface area contributed by atoms with Gasteiger partial charge >= 0.3 is 0 Å². The summed E-state index contributed by atoms with van der Waals surface area (Å²) in [5.41, 5.74) is 7.16. The normalized spacial score (nSPS) is 15.9. The Labute approximate surface area is 139 Å². The van der Waals surface area contributed by atoms with Crippen molar-refractivity contribution in [1.29, 1.82) is 0 Å². The Hall–Kier alpha value is -0.430. The van der Waals surface area contributed by atoms with E-state index in [2.05, 4.69) is 46.3 Å². The fraction of sp³-hybridized carbons (Fsp3) is 0.600. The number of benzene rings is 1.